The maximum Gasteiger partial charge on any atom is 0.267 e. The van der Waals surface area contributed by atoms with Crippen molar-refractivity contribution in [1.29, 1.82) is 0 Å². The van der Waals surface area contributed by atoms with Gasteiger partial charge in [-0.25, -0.2) is 9.37 Å². The average Bonchev–Trinajstić information content (AvgIpc) is 3.10. The van der Waals surface area contributed by atoms with Crippen molar-refractivity contribution in [2.75, 3.05) is 5.32 Å². The summed E-state index contributed by atoms with van der Waals surface area (Å²) in [6.45, 7) is 0. The Labute approximate surface area is 133 Å². The number of nitrogens with one attached hydrogen (secondary N) is 1. The van der Waals surface area contributed by atoms with Gasteiger partial charge in [-0.1, -0.05) is 29.5 Å². The first-order valence-electron chi connectivity index (χ1n) is 6.56. The Balaban J connectivity index is 1.66. The van der Waals surface area contributed by atoms with E-state index in [0.29, 0.717) is 15.4 Å². The Morgan fingerprint density at radius 2 is 1.86 bits per heavy atom. The quantitative estimate of drug-likeness (QED) is 0.568. The molecule has 0 unspecified atom stereocenters. The van der Waals surface area contributed by atoms with E-state index in [0.717, 1.165) is 14.9 Å². The first-order valence-corrected chi connectivity index (χ1v) is 8.19. The molecule has 2 aromatic heterocycles. The van der Waals surface area contributed by atoms with Crippen molar-refractivity contribution in [1.82, 2.24) is 4.98 Å². The van der Waals surface area contributed by atoms with E-state index in [1.54, 1.807) is 18.2 Å². The fourth-order valence-electron chi connectivity index (χ4n) is 2.22. The summed E-state index contributed by atoms with van der Waals surface area (Å²) in [5, 5.41) is 3.80. The molecule has 3 nitrogen and oxygen atoms in total. The predicted octanol–water partition coefficient (Wildman–Crippen LogP) is 4.90. The monoisotopic (exact) mass is 328 g/mol. The summed E-state index contributed by atoms with van der Waals surface area (Å²) in [6.07, 6.45) is 0. The molecule has 0 atom stereocenters. The molecule has 6 heteroatoms. The lowest BCUT2D eigenvalue weighted by atomic mass is 10.2. The predicted molar refractivity (Wildman–Crippen MR) is 89.4 cm³/mol. The van der Waals surface area contributed by atoms with E-state index in [1.165, 1.54) is 28.7 Å². The summed E-state index contributed by atoms with van der Waals surface area (Å²) in [7, 11) is 0. The molecule has 0 bridgehead atoms. The van der Waals surface area contributed by atoms with Crippen molar-refractivity contribution in [3.05, 3.63) is 59.2 Å². The Hall–Kier alpha value is -2.31. The number of nitrogens with zero attached hydrogens (tertiary/aromatic N) is 1. The zero-order valence-electron chi connectivity index (χ0n) is 11.2. The van der Waals surface area contributed by atoms with Crippen molar-refractivity contribution in [3.8, 4) is 0 Å². The Morgan fingerprint density at radius 3 is 2.68 bits per heavy atom. The van der Waals surface area contributed by atoms with E-state index in [-0.39, 0.29) is 11.7 Å². The number of thiazole rings is 1. The van der Waals surface area contributed by atoms with Gasteiger partial charge in [-0.3, -0.25) is 10.1 Å². The van der Waals surface area contributed by atoms with Crippen LogP contribution in [0.4, 0.5) is 9.52 Å². The molecule has 0 aliphatic heterocycles. The highest BCUT2D eigenvalue weighted by Gasteiger charge is 2.14. The lowest BCUT2D eigenvalue weighted by Gasteiger charge is -1.96. The van der Waals surface area contributed by atoms with Crippen LogP contribution in [0.2, 0.25) is 0 Å². The third-order valence-electron chi connectivity index (χ3n) is 3.25. The second-order valence-electron chi connectivity index (χ2n) is 4.70. The van der Waals surface area contributed by atoms with Crippen LogP contribution in [0.3, 0.4) is 0 Å². The molecular formula is C16H9FN2OS2. The molecule has 0 aliphatic carbocycles. The largest absolute Gasteiger partial charge is 0.297 e. The maximum absolute atomic E-state index is 13.7. The SMILES string of the molecule is O=C(Nc1nc2ccccc2s1)c1cc2c(F)cccc2s1. The molecule has 4 aromatic rings. The Bertz CT molecular complexity index is 973. The highest BCUT2D eigenvalue weighted by atomic mass is 32.1. The second-order valence-corrected chi connectivity index (χ2v) is 6.82. The fourth-order valence-corrected chi connectivity index (χ4v) is 4.05. The fraction of sp³-hybridized carbons (Fsp3) is 0. The van der Waals surface area contributed by atoms with Crippen LogP contribution in [-0.4, -0.2) is 10.9 Å². The maximum atomic E-state index is 13.7. The number of thiophene rings is 1. The van der Waals surface area contributed by atoms with Crippen molar-refractivity contribution >= 4 is 54.0 Å². The molecule has 2 heterocycles. The highest BCUT2D eigenvalue weighted by Crippen LogP contribution is 2.30. The summed E-state index contributed by atoms with van der Waals surface area (Å²) in [6, 6.07) is 14.1. The number of carbonyl (C=O) groups excluding carboxylic acids is 1. The van der Waals surface area contributed by atoms with Gasteiger partial charge in [0.15, 0.2) is 5.13 Å². The van der Waals surface area contributed by atoms with Crippen molar-refractivity contribution < 1.29 is 9.18 Å². The zero-order valence-corrected chi connectivity index (χ0v) is 12.8. The van der Waals surface area contributed by atoms with Crippen LogP contribution in [0.1, 0.15) is 9.67 Å². The Morgan fingerprint density at radius 1 is 1.05 bits per heavy atom. The molecular weight excluding hydrogens is 319 g/mol. The van der Waals surface area contributed by atoms with Crippen molar-refractivity contribution in [3.63, 3.8) is 0 Å². The number of hydrogen-bond donors (Lipinski definition) is 1. The molecule has 2 aromatic carbocycles. The lowest BCUT2D eigenvalue weighted by molar-refractivity contribution is 0.103. The normalized spacial score (nSPS) is 11.1. The zero-order chi connectivity index (χ0) is 15.1. The number of fused-ring (bicyclic) bond motifs is 2. The van der Waals surface area contributed by atoms with Crippen LogP contribution >= 0.6 is 22.7 Å². The lowest BCUT2D eigenvalue weighted by Crippen LogP contribution is -2.09. The van der Waals surface area contributed by atoms with Crippen LogP contribution in [0, 0.1) is 5.82 Å². The number of para-hydroxylation sites is 1. The first-order chi connectivity index (χ1) is 10.7. The summed E-state index contributed by atoms with van der Waals surface area (Å²) in [5.41, 5.74) is 0.852. The van der Waals surface area contributed by atoms with Crippen molar-refractivity contribution in [2.45, 2.75) is 0 Å². The van der Waals surface area contributed by atoms with Crippen LogP contribution in [-0.2, 0) is 0 Å². The van der Waals surface area contributed by atoms with Crippen molar-refractivity contribution in [2.24, 2.45) is 0 Å². The van der Waals surface area contributed by atoms with E-state index in [4.69, 9.17) is 0 Å². The molecule has 0 aliphatic rings. The molecule has 108 valence electrons. The van der Waals surface area contributed by atoms with Gasteiger partial charge < -0.3 is 0 Å². The van der Waals surface area contributed by atoms with E-state index in [9.17, 15) is 9.18 Å². The number of aromatic nitrogens is 1. The van der Waals surface area contributed by atoms with Gasteiger partial charge in [0, 0.05) is 10.1 Å². The average molecular weight is 328 g/mol. The van der Waals surface area contributed by atoms with Gasteiger partial charge in [-0.05, 0) is 30.3 Å². The minimum Gasteiger partial charge on any atom is -0.297 e. The number of halogens is 1. The van der Waals surface area contributed by atoms with Crippen LogP contribution < -0.4 is 5.32 Å². The van der Waals surface area contributed by atoms with Gasteiger partial charge in [-0.15, -0.1) is 11.3 Å². The number of anilines is 1. The van der Waals surface area contributed by atoms with Gasteiger partial charge in [0.05, 0.1) is 15.1 Å². The number of hydrogen-bond acceptors (Lipinski definition) is 4. The van der Waals surface area contributed by atoms with Gasteiger partial charge >= 0.3 is 0 Å². The smallest absolute Gasteiger partial charge is 0.267 e. The number of benzene rings is 2. The molecule has 0 saturated carbocycles. The molecule has 4 rings (SSSR count). The highest BCUT2D eigenvalue weighted by molar-refractivity contribution is 7.23. The summed E-state index contributed by atoms with van der Waals surface area (Å²) in [5.74, 6) is -0.576. The summed E-state index contributed by atoms with van der Waals surface area (Å²) >= 11 is 2.69. The molecule has 1 amide bonds. The minimum atomic E-state index is -0.312. The van der Waals surface area contributed by atoms with Crippen LogP contribution in [0.5, 0.6) is 0 Å². The molecule has 22 heavy (non-hydrogen) atoms. The van der Waals surface area contributed by atoms with E-state index in [2.05, 4.69) is 10.3 Å². The van der Waals surface area contributed by atoms with Crippen LogP contribution in [0.25, 0.3) is 20.3 Å². The van der Waals surface area contributed by atoms with Gasteiger partial charge in [0.25, 0.3) is 5.91 Å². The summed E-state index contributed by atoms with van der Waals surface area (Å²) in [4.78, 5) is 17.2. The van der Waals surface area contributed by atoms with Gasteiger partial charge in [0.1, 0.15) is 5.82 Å². The number of carbonyl (C=O) groups is 1. The summed E-state index contributed by atoms with van der Waals surface area (Å²) < 4.78 is 15.5. The third kappa shape index (κ3) is 2.26. The van der Waals surface area contributed by atoms with Gasteiger partial charge in [0.2, 0.25) is 0 Å². The number of rotatable bonds is 2. The first kappa shape index (κ1) is 13.4. The van der Waals surface area contributed by atoms with Crippen LogP contribution in [0.15, 0.2) is 48.5 Å². The molecule has 0 spiro atoms. The van der Waals surface area contributed by atoms with E-state index < -0.39 is 0 Å². The Kier molecular flexibility index (Phi) is 3.13. The van der Waals surface area contributed by atoms with Gasteiger partial charge in [-0.2, -0.15) is 0 Å². The molecule has 1 N–H and O–H groups in total. The van der Waals surface area contributed by atoms with E-state index in [1.807, 2.05) is 24.3 Å². The topological polar surface area (TPSA) is 42.0 Å². The molecule has 0 radical (unpaired) electrons. The molecule has 0 fully saturated rings. The minimum absolute atomic E-state index is 0.264. The second kappa shape index (κ2) is 5.15. The third-order valence-corrected chi connectivity index (χ3v) is 5.30. The van der Waals surface area contributed by atoms with E-state index >= 15 is 0 Å². The molecule has 0 saturated heterocycles. The number of amides is 1. The standard InChI is InChI=1S/C16H9FN2OS2/c17-10-4-3-7-12-9(10)8-14(21-12)15(20)19-16-18-11-5-1-2-6-13(11)22-16/h1-8H,(H,18,19,20).